The topological polar surface area (TPSA) is 75.4 Å². The maximum absolute atomic E-state index is 10.6. The van der Waals surface area contributed by atoms with E-state index in [0.717, 1.165) is 10.5 Å². The number of nitrogens with zero attached hydrogens (tertiary/aromatic N) is 1. The summed E-state index contributed by atoms with van der Waals surface area (Å²) in [6, 6.07) is 13.9. The minimum absolute atomic E-state index is 0. The number of hydrogen-bond donors (Lipinski definition) is 2. The molecule has 5 nitrogen and oxygen atoms in total. The zero-order valence-corrected chi connectivity index (χ0v) is 15.1. The monoisotopic (exact) mass is 388 g/mol. The fraction of sp³-hybridized carbons (Fsp3) is 0.250. The van der Waals surface area contributed by atoms with Gasteiger partial charge in [0.1, 0.15) is 0 Å². The molecule has 0 radical (unpaired) electrons. The van der Waals surface area contributed by atoms with Crippen molar-refractivity contribution in [2.24, 2.45) is 0 Å². The molecule has 0 aliphatic carbocycles. The number of rotatable bonds is 8. The minimum Gasteiger partial charge on any atom is -0.391 e. The summed E-state index contributed by atoms with van der Waals surface area (Å²) in [7, 11) is 0. The fourth-order valence-corrected chi connectivity index (χ4v) is 2.86. The molecule has 0 heterocycles. The van der Waals surface area contributed by atoms with E-state index in [4.69, 9.17) is 11.6 Å². The number of hydrogen-bond acceptors (Lipinski definition) is 5. The fourth-order valence-electron chi connectivity index (χ4n) is 1.90. The first-order chi connectivity index (χ1) is 11.0. The van der Waals surface area contributed by atoms with Gasteiger partial charge in [-0.05, 0) is 29.8 Å². The lowest BCUT2D eigenvalue weighted by atomic mass is 10.2. The molecule has 0 saturated carbocycles. The Bertz CT molecular complexity index is 639. The molecular weight excluding hydrogens is 371 g/mol. The highest BCUT2D eigenvalue weighted by Crippen LogP contribution is 2.21. The maximum atomic E-state index is 10.6. The highest BCUT2D eigenvalue weighted by molar-refractivity contribution is 7.99. The second kappa shape index (κ2) is 10.5. The van der Waals surface area contributed by atoms with Gasteiger partial charge >= 0.3 is 0 Å². The smallest absolute Gasteiger partial charge is 0.269 e. The van der Waals surface area contributed by atoms with E-state index in [9.17, 15) is 15.2 Å². The molecule has 0 aliphatic rings. The quantitative estimate of drug-likeness (QED) is 0.407. The standard InChI is InChI=1S/C16H17ClN2O3S.ClH/c17-13-3-1-12(2-4-13)9-18-10-15(20)11-23-16-7-5-14(6-8-16)19(21)22;/h1-8,15,18,20H,9-11H2;1H. The third kappa shape index (κ3) is 7.07. The van der Waals surface area contributed by atoms with Crippen molar-refractivity contribution in [3.63, 3.8) is 0 Å². The van der Waals surface area contributed by atoms with Gasteiger partial charge in [-0.15, -0.1) is 24.2 Å². The summed E-state index contributed by atoms with van der Waals surface area (Å²) in [4.78, 5) is 11.0. The average molecular weight is 389 g/mol. The summed E-state index contributed by atoms with van der Waals surface area (Å²) in [5.74, 6) is 0.519. The predicted molar refractivity (Wildman–Crippen MR) is 100 cm³/mol. The molecule has 24 heavy (non-hydrogen) atoms. The second-order valence-electron chi connectivity index (χ2n) is 4.97. The van der Waals surface area contributed by atoms with Crippen LogP contribution in [0.4, 0.5) is 5.69 Å². The number of nitro groups is 1. The van der Waals surface area contributed by atoms with Crippen molar-refractivity contribution in [1.29, 1.82) is 0 Å². The van der Waals surface area contributed by atoms with Crippen molar-refractivity contribution >= 4 is 41.5 Å². The van der Waals surface area contributed by atoms with Gasteiger partial charge in [0.25, 0.3) is 5.69 Å². The highest BCUT2D eigenvalue weighted by Gasteiger charge is 2.07. The van der Waals surface area contributed by atoms with E-state index in [1.54, 1.807) is 12.1 Å². The SMILES string of the molecule is Cl.O=[N+]([O-])c1ccc(SCC(O)CNCc2ccc(Cl)cc2)cc1. The number of thioether (sulfide) groups is 1. The van der Waals surface area contributed by atoms with Crippen molar-refractivity contribution in [2.45, 2.75) is 17.5 Å². The van der Waals surface area contributed by atoms with Gasteiger partial charge < -0.3 is 10.4 Å². The molecule has 0 aliphatic heterocycles. The van der Waals surface area contributed by atoms with Crippen LogP contribution >= 0.6 is 35.8 Å². The number of nitrogens with one attached hydrogen (secondary N) is 1. The van der Waals surface area contributed by atoms with Crippen LogP contribution < -0.4 is 5.32 Å². The average Bonchev–Trinajstić information content (AvgIpc) is 2.55. The van der Waals surface area contributed by atoms with Gasteiger partial charge in [0.05, 0.1) is 11.0 Å². The molecule has 0 fully saturated rings. The number of non-ortho nitro benzene ring substituents is 1. The van der Waals surface area contributed by atoms with Crippen LogP contribution in [0.15, 0.2) is 53.4 Å². The second-order valence-corrected chi connectivity index (χ2v) is 6.50. The van der Waals surface area contributed by atoms with E-state index in [2.05, 4.69) is 5.32 Å². The van der Waals surface area contributed by atoms with Crippen molar-refractivity contribution < 1.29 is 10.0 Å². The molecule has 2 rings (SSSR count). The van der Waals surface area contributed by atoms with E-state index in [1.807, 2.05) is 24.3 Å². The Morgan fingerprint density at radius 1 is 1.17 bits per heavy atom. The van der Waals surface area contributed by atoms with E-state index in [1.165, 1.54) is 23.9 Å². The molecule has 130 valence electrons. The Labute approximate surface area is 156 Å². The van der Waals surface area contributed by atoms with Gasteiger partial charge in [-0.1, -0.05) is 23.7 Å². The third-order valence-electron chi connectivity index (χ3n) is 3.11. The van der Waals surface area contributed by atoms with E-state index >= 15 is 0 Å². The molecule has 1 unspecified atom stereocenters. The van der Waals surface area contributed by atoms with Gasteiger partial charge in [-0.2, -0.15) is 0 Å². The van der Waals surface area contributed by atoms with Crippen LogP contribution in [0.2, 0.25) is 5.02 Å². The van der Waals surface area contributed by atoms with Crippen LogP contribution in [0, 0.1) is 10.1 Å². The van der Waals surface area contributed by atoms with Crippen LogP contribution in [0.25, 0.3) is 0 Å². The number of benzene rings is 2. The number of halogens is 2. The lowest BCUT2D eigenvalue weighted by Crippen LogP contribution is -2.28. The first kappa shape index (κ1) is 20.7. The maximum Gasteiger partial charge on any atom is 0.269 e. The first-order valence-corrected chi connectivity index (χ1v) is 8.41. The highest BCUT2D eigenvalue weighted by atomic mass is 35.5. The third-order valence-corrected chi connectivity index (χ3v) is 4.52. The van der Waals surface area contributed by atoms with Crippen LogP contribution in [0.1, 0.15) is 5.56 Å². The van der Waals surface area contributed by atoms with Crippen LogP contribution in [-0.4, -0.2) is 28.4 Å². The van der Waals surface area contributed by atoms with Gasteiger partial charge in [-0.3, -0.25) is 10.1 Å². The molecule has 2 N–H and O–H groups in total. The van der Waals surface area contributed by atoms with Crippen LogP contribution in [-0.2, 0) is 6.54 Å². The Morgan fingerprint density at radius 2 is 1.79 bits per heavy atom. The Hall–Kier alpha value is -1.31. The molecule has 2 aromatic rings. The first-order valence-electron chi connectivity index (χ1n) is 7.05. The van der Waals surface area contributed by atoms with Crippen molar-refractivity contribution in [3.05, 3.63) is 69.2 Å². The largest absolute Gasteiger partial charge is 0.391 e. The molecule has 2 aromatic carbocycles. The predicted octanol–water partition coefficient (Wildman–Crippen LogP) is 3.91. The van der Waals surface area contributed by atoms with Gasteiger partial charge in [0.15, 0.2) is 0 Å². The summed E-state index contributed by atoms with van der Waals surface area (Å²) in [5.41, 5.74) is 1.17. The van der Waals surface area contributed by atoms with Crippen molar-refractivity contribution in [2.75, 3.05) is 12.3 Å². The van der Waals surface area contributed by atoms with E-state index in [-0.39, 0.29) is 18.1 Å². The Kier molecular flexibility index (Phi) is 9.10. The summed E-state index contributed by atoms with van der Waals surface area (Å²) in [5, 5.41) is 24.4. The zero-order chi connectivity index (χ0) is 16.7. The molecule has 0 aromatic heterocycles. The Balaban J connectivity index is 0.00000288. The summed E-state index contributed by atoms with van der Waals surface area (Å²) < 4.78 is 0. The molecule has 1 atom stereocenters. The molecular formula is C16H18Cl2N2O3S. The lowest BCUT2D eigenvalue weighted by Gasteiger charge is -2.11. The van der Waals surface area contributed by atoms with Crippen LogP contribution in [0.5, 0.6) is 0 Å². The van der Waals surface area contributed by atoms with Gasteiger partial charge in [0, 0.05) is 40.9 Å². The molecule has 8 heteroatoms. The van der Waals surface area contributed by atoms with E-state index < -0.39 is 11.0 Å². The van der Waals surface area contributed by atoms with E-state index in [0.29, 0.717) is 23.9 Å². The molecule has 0 amide bonds. The summed E-state index contributed by atoms with van der Waals surface area (Å²) in [6.07, 6.45) is -0.498. The number of aliphatic hydroxyl groups excluding tert-OH is 1. The Morgan fingerprint density at radius 3 is 2.38 bits per heavy atom. The van der Waals surface area contributed by atoms with Crippen molar-refractivity contribution in [1.82, 2.24) is 5.32 Å². The molecule has 0 bridgehead atoms. The molecule has 0 spiro atoms. The number of nitro benzene ring substituents is 1. The normalized spacial score (nSPS) is 11.6. The lowest BCUT2D eigenvalue weighted by molar-refractivity contribution is -0.384. The minimum atomic E-state index is -0.498. The van der Waals surface area contributed by atoms with Crippen molar-refractivity contribution in [3.8, 4) is 0 Å². The summed E-state index contributed by atoms with van der Waals surface area (Å²) in [6.45, 7) is 1.14. The van der Waals surface area contributed by atoms with Gasteiger partial charge in [0.2, 0.25) is 0 Å². The van der Waals surface area contributed by atoms with Crippen LogP contribution in [0.3, 0.4) is 0 Å². The number of aliphatic hydroxyl groups is 1. The summed E-state index contributed by atoms with van der Waals surface area (Å²) >= 11 is 7.29. The molecule has 0 saturated heterocycles. The zero-order valence-electron chi connectivity index (χ0n) is 12.7. The van der Waals surface area contributed by atoms with Gasteiger partial charge in [-0.25, -0.2) is 0 Å².